The van der Waals surface area contributed by atoms with E-state index in [4.69, 9.17) is 5.73 Å². The van der Waals surface area contributed by atoms with Crippen molar-refractivity contribution in [1.29, 1.82) is 0 Å². The molecule has 5 N–H and O–H groups in total. The molecule has 25 heavy (non-hydrogen) atoms. The summed E-state index contributed by atoms with van der Waals surface area (Å²) < 4.78 is 0. The molecule has 0 spiro atoms. The minimum Gasteiger partial charge on any atom is -0.480 e. The van der Waals surface area contributed by atoms with Crippen LogP contribution in [0, 0.1) is 17.8 Å². The Morgan fingerprint density at radius 1 is 0.920 bits per heavy atom. The van der Waals surface area contributed by atoms with E-state index in [1.165, 1.54) is 0 Å². The summed E-state index contributed by atoms with van der Waals surface area (Å²) in [5.41, 5.74) is 5.89. The molecule has 0 aromatic carbocycles. The number of carbonyl (C=O) groups is 3. The summed E-state index contributed by atoms with van der Waals surface area (Å²) in [7, 11) is 0. The Labute approximate surface area is 151 Å². The molecule has 0 saturated carbocycles. The van der Waals surface area contributed by atoms with Gasteiger partial charge in [0.15, 0.2) is 0 Å². The Bertz CT molecular complexity index is 452. The Morgan fingerprint density at radius 3 is 1.84 bits per heavy atom. The first-order chi connectivity index (χ1) is 11.5. The van der Waals surface area contributed by atoms with Crippen molar-refractivity contribution in [3.05, 3.63) is 0 Å². The number of nitrogens with one attached hydrogen (secondary N) is 2. The van der Waals surface area contributed by atoms with E-state index in [1.54, 1.807) is 0 Å². The minimum absolute atomic E-state index is 0.123. The van der Waals surface area contributed by atoms with Crippen LogP contribution < -0.4 is 16.4 Å². The summed E-state index contributed by atoms with van der Waals surface area (Å²) >= 11 is 0. The third-order valence-electron chi connectivity index (χ3n) is 4.18. The molecule has 7 heteroatoms. The zero-order valence-corrected chi connectivity index (χ0v) is 16.3. The Balaban J connectivity index is 5.09. The van der Waals surface area contributed by atoms with Crippen molar-refractivity contribution in [2.24, 2.45) is 23.5 Å². The lowest BCUT2D eigenvalue weighted by atomic mass is 9.96. The van der Waals surface area contributed by atoms with Crippen molar-refractivity contribution < 1.29 is 19.5 Å². The van der Waals surface area contributed by atoms with Gasteiger partial charge in [-0.25, -0.2) is 4.79 Å². The Kier molecular flexibility index (Phi) is 10.4. The normalized spacial score (nSPS) is 16.2. The number of hydrogen-bond donors (Lipinski definition) is 4. The molecule has 0 aliphatic carbocycles. The lowest BCUT2D eigenvalue weighted by Crippen LogP contribution is -2.56. The summed E-state index contributed by atoms with van der Waals surface area (Å²) in [4.78, 5) is 36.2. The fourth-order valence-electron chi connectivity index (χ4n) is 2.53. The van der Waals surface area contributed by atoms with Crippen LogP contribution in [-0.2, 0) is 14.4 Å². The third-order valence-corrected chi connectivity index (χ3v) is 4.18. The molecule has 0 aromatic heterocycles. The van der Waals surface area contributed by atoms with Crippen LogP contribution in [0.15, 0.2) is 0 Å². The van der Waals surface area contributed by atoms with Gasteiger partial charge in [-0.15, -0.1) is 0 Å². The molecule has 0 fully saturated rings. The monoisotopic (exact) mass is 357 g/mol. The molecule has 0 rings (SSSR count). The molecule has 7 nitrogen and oxygen atoms in total. The van der Waals surface area contributed by atoms with Gasteiger partial charge in [-0.1, -0.05) is 48.0 Å². The molecule has 0 aliphatic heterocycles. The number of carbonyl (C=O) groups excluding carboxylic acids is 2. The summed E-state index contributed by atoms with van der Waals surface area (Å²) in [5.74, 6) is -1.69. The molecule has 4 atom stereocenters. The number of carboxylic acids is 1. The second kappa shape index (κ2) is 11.1. The minimum atomic E-state index is -1.08. The quantitative estimate of drug-likeness (QED) is 0.446. The molecular weight excluding hydrogens is 322 g/mol. The number of nitrogens with two attached hydrogens (primary N) is 1. The zero-order valence-electron chi connectivity index (χ0n) is 16.3. The van der Waals surface area contributed by atoms with Gasteiger partial charge < -0.3 is 21.5 Å². The van der Waals surface area contributed by atoms with Crippen molar-refractivity contribution >= 4 is 17.8 Å². The van der Waals surface area contributed by atoms with Crippen LogP contribution >= 0.6 is 0 Å². The molecule has 0 aliphatic rings. The summed E-state index contributed by atoms with van der Waals surface area (Å²) in [5, 5.41) is 14.6. The van der Waals surface area contributed by atoms with Crippen LogP contribution in [0.4, 0.5) is 0 Å². The van der Waals surface area contributed by atoms with Gasteiger partial charge in [0.25, 0.3) is 0 Å². The topological polar surface area (TPSA) is 122 Å². The van der Waals surface area contributed by atoms with Gasteiger partial charge in [-0.2, -0.15) is 0 Å². The molecule has 0 bridgehead atoms. The van der Waals surface area contributed by atoms with E-state index in [2.05, 4.69) is 10.6 Å². The summed E-state index contributed by atoms with van der Waals surface area (Å²) in [6, 6.07) is -2.46. The van der Waals surface area contributed by atoms with Gasteiger partial charge in [-0.3, -0.25) is 9.59 Å². The van der Waals surface area contributed by atoms with E-state index in [0.717, 1.165) is 0 Å². The van der Waals surface area contributed by atoms with Crippen LogP contribution in [0.25, 0.3) is 0 Å². The Hall–Kier alpha value is -1.63. The standard InChI is InChI=1S/C18H35N3O4/c1-7-12(6)15(21-16(22)13(19)8-10(2)3)17(23)20-14(18(24)25)9-11(4)5/h10-15H,7-9,19H2,1-6H3,(H,20,23)(H,21,22)(H,24,25). The van der Waals surface area contributed by atoms with Crippen molar-refractivity contribution in [3.8, 4) is 0 Å². The van der Waals surface area contributed by atoms with E-state index in [9.17, 15) is 19.5 Å². The molecule has 0 aromatic rings. The van der Waals surface area contributed by atoms with Crippen molar-refractivity contribution in [2.45, 2.75) is 78.9 Å². The van der Waals surface area contributed by atoms with E-state index >= 15 is 0 Å². The van der Waals surface area contributed by atoms with Crippen molar-refractivity contribution in [2.75, 3.05) is 0 Å². The molecule has 0 saturated heterocycles. The third kappa shape index (κ3) is 8.86. The average Bonchev–Trinajstić information content (AvgIpc) is 2.49. The SMILES string of the molecule is CCC(C)C(NC(=O)C(N)CC(C)C)C(=O)NC(CC(C)C)C(=O)O. The van der Waals surface area contributed by atoms with Crippen molar-refractivity contribution in [3.63, 3.8) is 0 Å². The first kappa shape index (κ1) is 23.4. The fraction of sp³-hybridized carbons (Fsp3) is 0.833. The van der Waals surface area contributed by atoms with E-state index in [-0.39, 0.29) is 23.7 Å². The predicted octanol–water partition coefficient (Wildman–Crippen LogP) is 1.51. The van der Waals surface area contributed by atoms with Gasteiger partial charge in [0.1, 0.15) is 12.1 Å². The fourth-order valence-corrected chi connectivity index (χ4v) is 2.53. The van der Waals surface area contributed by atoms with Crippen molar-refractivity contribution in [1.82, 2.24) is 10.6 Å². The molecule has 2 amide bonds. The van der Waals surface area contributed by atoms with Crippen LogP contribution in [0.3, 0.4) is 0 Å². The highest BCUT2D eigenvalue weighted by atomic mass is 16.4. The van der Waals surface area contributed by atoms with Crippen LogP contribution in [0.1, 0.15) is 60.8 Å². The lowest BCUT2D eigenvalue weighted by Gasteiger charge is -2.27. The zero-order chi connectivity index (χ0) is 19.7. The van der Waals surface area contributed by atoms with E-state index < -0.39 is 30.0 Å². The smallest absolute Gasteiger partial charge is 0.326 e. The van der Waals surface area contributed by atoms with E-state index in [1.807, 2.05) is 41.5 Å². The Morgan fingerprint density at radius 2 is 1.44 bits per heavy atom. The van der Waals surface area contributed by atoms with Crippen LogP contribution in [-0.4, -0.2) is 41.0 Å². The number of aliphatic carboxylic acids is 1. The summed E-state index contributed by atoms with van der Waals surface area (Å²) in [6.07, 6.45) is 1.51. The highest BCUT2D eigenvalue weighted by Crippen LogP contribution is 2.12. The second-order valence-corrected chi connectivity index (χ2v) is 7.64. The second-order valence-electron chi connectivity index (χ2n) is 7.64. The number of amides is 2. The average molecular weight is 357 g/mol. The first-order valence-electron chi connectivity index (χ1n) is 9.08. The van der Waals surface area contributed by atoms with E-state index in [0.29, 0.717) is 19.3 Å². The van der Waals surface area contributed by atoms with Crippen LogP contribution in [0.5, 0.6) is 0 Å². The van der Waals surface area contributed by atoms with Crippen LogP contribution in [0.2, 0.25) is 0 Å². The van der Waals surface area contributed by atoms with Gasteiger partial charge >= 0.3 is 5.97 Å². The maximum atomic E-state index is 12.6. The molecular formula is C18H35N3O4. The maximum absolute atomic E-state index is 12.6. The number of rotatable bonds is 11. The molecule has 0 radical (unpaired) electrons. The molecule has 0 heterocycles. The first-order valence-corrected chi connectivity index (χ1v) is 9.08. The number of hydrogen-bond acceptors (Lipinski definition) is 4. The van der Waals surface area contributed by atoms with Gasteiger partial charge in [-0.05, 0) is 30.6 Å². The van der Waals surface area contributed by atoms with Gasteiger partial charge in [0, 0.05) is 0 Å². The van der Waals surface area contributed by atoms with Gasteiger partial charge in [0.05, 0.1) is 6.04 Å². The highest BCUT2D eigenvalue weighted by Gasteiger charge is 2.31. The largest absolute Gasteiger partial charge is 0.480 e. The highest BCUT2D eigenvalue weighted by molar-refractivity contribution is 5.91. The summed E-state index contributed by atoms with van der Waals surface area (Å²) in [6.45, 7) is 11.5. The molecule has 146 valence electrons. The number of carboxylic acid groups (broad SMARTS) is 1. The van der Waals surface area contributed by atoms with Gasteiger partial charge in [0.2, 0.25) is 11.8 Å². The maximum Gasteiger partial charge on any atom is 0.326 e. The lowest BCUT2D eigenvalue weighted by molar-refractivity contribution is -0.143. The molecule has 4 unspecified atom stereocenters. The predicted molar refractivity (Wildman–Crippen MR) is 97.8 cm³/mol.